The average molecular weight is 298 g/mol. The second-order valence-corrected chi connectivity index (χ2v) is 5.84. The molecule has 112 valence electrons. The third kappa shape index (κ3) is 3.04. The van der Waals surface area contributed by atoms with E-state index < -0.39 is 0 Å². The van der Waals surface area contributed by atoms with Crippen LogP contribution in [0.2, 0.25) is 0 Å². The maximum Gasteiger partial charge on any atom is 0.108 e. The molecule has 0 spiro atoms. The fraction of sp³-hybridized carbons (Fsp3) is 0.0909. The van der Waals surface area contributed by atoms with E-state index in [1.54, 1.807) is 0 Å². The molecule has 0 heterocycles. The Balaban J connectivity index is 1.54. The Labute approximate surface area is 137 Å². The quantitative estimate of drug-likeness (QED) is 0.650. The zero-order chi connectivity index (χ0) is 15.5. The summed E-state index contributed by atoms with van der Waals surface area (Å²) in [6.45, 7) is 0. The highest BCUT2D eigenvalue weighted by atomic mass is 16.5. The summed E-state index contributed by atoms with van der Waals surface area (Å²) in [7, 11) is 0. The van der Waals surface area contributed by atoms with Gasteiger partial charge >= 0.3 is 0 Å². The Hall–Kier alpha value is -2.80. The highest BCUT2D eigenvalue weighted by Crippen LogP contribution is 2.33. The molecule has 23 heavy (non-hydrogen) atoms. The summed E-state index contributed by atoms with van der Waals surface area (Å²) in [6, 6.07) is 0. The molecule has 0 saturated heterocycles. The molecule has 1 nitrogen and oxygen atoms in total. The molecule has 4 rings (SSSR count). The molecule has 0 unspecified atom stereocenters. The minimum absolute atomic E-state index is 0.841. The van der Waals surface area contributed by atoms with Gasteiger partial charge in [-0.15, -0.1) is 0 Å². The Morgan fingerprint density at radius 2 is 1.04 bits per heavy atom. The van der Waals surface area contributed by atoms with Crippen molar-refractivity contribution >= 4 is 0 Å². The predicted molar refractivity (Wildman–Crippen MR) is 95.4 cm³/mol. The van der Waals surface area contributed by atoms with Crippen LogP contribution in [0.5, 0.6) is 0 Å². The third-order valence-electron chi connectivity index (χ3n) is 4.22. The first-order chi connectivity index (χ1) is 11.4. The van der Waals surface area contributed by atoms with E-state index in [1.165, 1.54) is 22.3 Å². The van der Waals surface area contributed by atoms with Crippen LogP contribution in [0.25, 0.3) is 0 Å². The minimum atomic E-state index is 0.841. The van der Waals surface area contributed by atoms with Gasteiger partial charge in [0.15, 0.2) is 0 Å². The molecule has 0 atom stereocenters. The van der Waals surface area contributed by atoms with Crippen LogP contribution in [-0.2, 0) is 4.74 Å². The molecule has 0 radical (unpaired) electrons. The fourth-order valence-electron chi connectivity index (χ4n) is 3.01. The average Bonchev–Trinajstić information content (AvgIpc) is 2.94. The molecule has 4 aliphatic carbocycles. The van der Waals surface area contributed by atoms with Crippen LogP contribution >= 0.6 is 0 Å². The van der Waals surface area contributed by atoms with Gasteiger partial charge in [-0.3, -0.25) is 0 Å². The number of fused-ring (bicyclic) bond motifs is 2. The van der Waals surface area contributed by atoms with Gasteiger partial charge in [0.2, 0.25) is 0 Å². The van der Waals surface area contributed by atoms with Gasteiger partial charge in [0, 0.05) is 12.8 Å². The normalized spacial score (nSPS) is 21.6. The van der Waals surface area contributed by atoms with Gasteiger partial charge in [0.25, 0.3) is 0 Å². The van der Waals surface area contributed by atoms with Gasteiger partial charge in [-0.25, -0.2) is 0 Å². The van der Waals surface area contributed by atoms with Crippen molar-refractivity contribution in [1.29, 1.82) is 0 Å². The van der Waals surface area contributed by atoms with E-state index in [1.807, 2.05) is 0 Å². The first-order valence-electron chi connectivity index (χ1n) is 7.97. The largest absolute Gasteiger partial charge is 0.465 e. The molecule has 1 heteroatoms. The van der Waals surface area contributed by atoms with Crippen LogP contribution in [0.3, 0.4) is 0 Å². The number of ether oxygens (including phenoxy) is 1. The van der Waals surface area contributed by atoms with E-state index in [4.69, 9.17) is 4.74 Å². The predicted octanol–water partition coefficient (Wildman–Crippen LogP) is 5.54. The molecule has 0 fully saturated rings. The van der Waals surface area contributed by atoms with Gasteiger partial charge < -0.3 is 4.74 Å². The number of hydrogen-bond acceptors (Lipinski definition) is 1. The first-order valence-corrected chi connectivity index (χ1v) is 7.97. The summed E-state index contributed by atoms with van der Waals surface area (Å²) in [4.78, 5) is 0. The zero-order valence-electron chi connectivity index (χ0n) is 12.9. The van der Waals surface area contributed by atoms with Crippen molar-refractivity contribution in [3.8, 4) is 0 Å². The molecular formula is C22H18O. The molecule has 0 N–H and O–H groups in total. The summed E-state index contributed by atoms with van der Waals surface area (Å²) < 4.78 is 6.17. The Morgan fingerprint density at radius 3 is 1.57 bits per heavy atom. The standard InChI is InChI=1S/C22H18O/c1-3-7-17-11-13-21(15-19(17)9-5-1)23-22-14-12-18-8-4-2-6-10-20(18)16-22/h1-14H,15-16H2. The van der Waals surface area contributed by atoms with E-state index in [0.29, 0.717) is 0 Å². The Kier molecular flexibility index (Phi) is 3.69. The number of rotatable bonds is 2. The molecule has 0 amide bonds. The summed E-state index contributed by atoms with van der Waals surface area (Å²) >= 11 is 0. The van der Waals surface area contributed by atoms with E-state index in [9.17, 15) is 0 Å². The summed E-state index contributed by atoms with van der Waals surface area (Å²) in [5.41, 5.74) is 5.15. The van der Waals surface area contributed by atoms with Crippen molar-refractivity contribution in [1.82, 2.24) is 0 Å². The van der Waals surface area contributed by atoms with Crippen molar-refractivity contribution < 1.29 is 4.74 Å². The van der Waals surface area contributed by atoms with Gasteiger partial charge in [-0.2, -0.15) is 0 Å². The monoisotopic (exact) mass is 298 g/mol. The van der Waals surface area contributed by atoms with Crippen LogP contribution in [-0.4, -0.2) is 0 Å². The van der Waals surface area contributed by atoms with E-state index >= 15 is 0 Å². The fourth-order valence-corrected chi connectivity index (χ4v) is 3.01. The summed E-state index contributed by atoms with van der Waals surface area (Å²) in [5, 5.41) is 0. The second kappa shape index (κ2) is 6.13. The van der Waals surface area contributed by atoms with Crippen LogP contribution in [0.15, 0.2) is 119 Å². The van der Waals surface area contributed by atoms with Crippen molar-refractivity contribution in [3.63, 3.8) is 0 Å². The second-order valence-electron chi connectivity index (χ2n) is 5.84. The van der Waals surface area contributed by atoms with Crippen LogP contribution in [0, 0.1) is 0 Å². The maximum atomic E-state index is 6.17. The Bertz CT molecular complexity index is 757. The lowest BCUT2D eigenvalue weighted by Crippen LogP contribution is -2.04. The van der Waals surface area contributed by atoms with E-state index in [-0.39, 0.29) is 0 Å². The molecule has 0 aromatic heterocycles. The lowest BCUT2D eigenvalue weighted by Gasteiger charge is -2.21. The van der Waals surface area contributed by atoms with Crippen molar-refractivity contribution in [2.75, 3.05) is 0 Å². The molecule has 4 aliphatic rings. The molecule has 0 bridgehead atoms. The van der Waals surface area contributed by atoms with E-state index in [0.717, 1.165) is 24.4 Å². The van der Waals surface area contributed by atoms with Crippen LogP contribution < -0.4 is 0 Å². The minimum Gasteiger partial charge on any atom is -0.465 e. The van der Waals surface area contributed by atoms with Crippen molar-refractivity contribution in [3.05, 3.63) is 119 Å². The van der Waals surface area contributed by atoms with E-state index in [2.05, 4.69) is 85.1 Å². The molecule has 0 aromatic rings. The summed E-state index contributed by atoms with van der Waals surface area (Å²) in [5.74, 6) is 2.01. The van der Waals surface area contributed by atoms with Gasteiger partial charge in [-0.1, -0.05) is 72.9 Å². The highest BCUT2D eigenvalue weighted by Gasteiger charge is 2.16. The molecular weight excluding hydrogens is 280 g/mol. The van der Waals surface area contributed by atoms with Crippen molar-refractivity contribution in [2.45, 2.75) is 12.8 Å². The van der Waals surface area contributed by atoms with Gasteiger partial charge in [0.05, 0.1) is 0 Å². The molecule has 0 saturated carbocycles. The lowest BCUT2D eigenvalue weighted by atomic mass is 9.95. The van der Waals surface area contributed by atoms with Gasteiger partial charge in [0.1, 0.15) is 11.5 Å². The third-order valence-corrected chi connectivity index (χ3v) is 4.22. The zero-order valence-corrected chi connectivity index (χ0v) is 12.9. The van der Waals surface area contributed by atoms with Crippen molar-refractivity contribution in [2.24, 2.45) is 0 Å². The molecule has 0 aliphatic heterocycles. The lowest BCUT2D eigenvalue weighted by molar-refractivity contribution is 0.287. The summed E-state index contributed by atoms with van der Waals surface area (Å²) in [6.07, 6.45) is 31.2. The number of hydrogen-bond donors (Lipinski definition) is 0. The smallest absolute Gasteiger partial charge is 0.108 e. The van der Waals surface area contributed by atoms with Crippen LogP contribution in [0.1, 0.15) is 12.8 Å². The maximum absolute atomic E-state index is 6.17. The highest BCUT2D eigenvalue weighted by molar-refractivity contribution is 5.53. The Morgan fingerprint density at radius 1 is 0.522 bits per heavy atom. The topological polar surface area (TPSA) is 9.23 Å². The number of allylic oxidation sites excluding steroid dienone is 18. The first kappa shape index (κ1) is 13.8. The SMILES string of the molecule is C1=CC=C2CC(OC3=CC=C4C=CC=CC=C4C3)=CC=C2C=C1. The van der Waals surface area contributed by atoms with Gasteiger partial charge in [-0.05, 0) is 34.4 Å². The molecule has 0 aromatic carbocycles. The van der Waals surface area contributed by atoms with Crippen LogP contribution in [0.4, 0.5) is 0 Å².